The van der Waals surface area contributed by atoms with Crippen LogP contribution in [0.1, 0.15) is 24.3 Å². The van der Waals surface area contributed by atoms with Crippen molar-refractivity contribution >= 4 is 11.6 Å². The minimum atomic E-state index is 0.723. The number of benzene rings is 1. The molecule has 1 N–H and O–H groups in total. The second kappa shape index (κ2) is 5.35. The van der Waals surface area contributed by atoms with Gasteiger partial charge in [0.05, 0.1) is 11.2 Å². The molecule has 1 aliphatic rings. The van der Waals surface area contributed by atoms with Crippen molar-refractivity contribution in [3.63, 3.8) is 0 Å². The van der Waals surface area contributed by atoms with E-state index in [0.29, 0.717) is 0 Å². The van der Waals surface area contributed by atoms with Crippen LogP contribution in [0.3, 0.4) is 0 Å². The van der Waals surface area contributed by atoms with Crippen LogP contribution < -0.4 is 5.32 Å². The normalized spacial score (nSPS) is 14.8. The predicted molar refractivity (Wildman–Crippen MR) is 76.4 cm³/mol. The second-order valence-electron chi connectivity index (χ2n) is 5.03. The molecule has 1 heterocycles. The van der Waals surface area contributed by atoms with E-state index < -0.39 is 0 Å². The second-order valence-corrected chi connectivity index (χ2v) is 5.41. The van der Waals surface area contributed by atoms with Crippen molar-refractivity contribution in [2.24, 2.45) is 0 Å². The van der Waals surface area contributed by atoms with Gasteiger partial charge in [0.2, 0.25) is 0 Å². The number of hydrogen-bond acceptors (Lipinski definition) is 3. The van der Waals surface area contributed by atoms with E-state index in [0.717, 1.165) is 46.8 Å². The molecule has 1 aliphatic carbocycles. The van der Waals surface area contributed by atoms with Gasteiger partial charge in [-0.25, -0.2) is 4.98 Å². The Hall–Kier alpha value is -1.32. The molecule has 1 fully saturated rings. The Balaban J connectivity index is 1.70. The molecule has 3 rings (SSSR count). The van der Waals surface area contributed by atoms with Crippen LogP contribution in [0, 0.1) is 6.92 Å². The van der Waals surface area contributed by atoms with E-state index in [1.165, 1.54) is 12.8 Å². The summed E-state index contributed by atoms with van der Waals surface area (Å²) in [7, 11) is 0. The number of nitrogens with one attached hydrogen (secondary N) is 1. The van der Waals surface area contributed by atoms with E-state index in [2.05, 4.69) is 10.3 Å². The lowest BCUT2D eigenvalue weighted by Crippen LogP contribution is -2.19. The standard InChI is InChI=1S/C15H17ClN2O/c1-10-3-2-4-12(15(10)16)13-9-18-14(19-13)7-8-17-11-5-6-11/h2-4,9,11,17H,5-8H2,1H3. The molecular formula is C15H17ClN2O. The van der Waals surface area contributed by atoms with E-state index in [1.807, 2.05) is 25.1 Å². The number of aryl methyl sites for hydroxylation is 1. The molecule has 0 spiro atoms. The van der Waals surface area contributed by atoms with Gasteiger partial charge in [0, 0.05) is 24.6 Å². The average Bonchev–Trinajstić information content (AvgIpc) is 3.10. The van der Waals surface area contributed by atoms with Gasteiger partial charge in [0.1, 0.15) is 0 Å². The summed E-state index contributed by atoms with van der Waals surface area (Å²) in [5.74, 6) is 1.51. The van der Waals surface area contributed by atoms with E-state index in [-0.39, 0.29) is 0 Å². The number of halogens is 1. The molecule has 1 aromatic carbocycles. The van der Waals surface area contributed by atoms with Crippen LogP contribution in [0.15, 0.2) is 28.8 Å². The van der Waals surface area contributed by atoms with Gasteiger partial charge in [-0.1, -0.05) is 23.7 Å². The minimum absolute atomic E-state index is 0.723. The van der Waals surface area contributed by atoms with Crippen molar-refractivity contribution in [3.8, 4) is 11.3 Å². The summed E-state index contributed by atoms with van der Waals surface area (Å²) in [5.41, 5.74) is 1.96. The molecule has 0 bridgehead atoms. The largest absolute Gasteiger partial charge is 0.441 e. The number of oxazole rings is 1. The monoisotopic (exact) mass is 276 g/mol. The number of nitrogens with zero attached hydrogens (tertiary/aromatic N) is 1. The first-order chi connectivity index (χ1) is 9.24. The summed E-state index contributed by atoms with van der Waals surface area (Å²) in [6, 6.07) is 6.65. The van der Waals surface area contributed by atoms with Gasteiger partial charge in [0.15, 0.2) is 11.7 Å². The minimum Gasteiger partial charge on any atom is -0.441 e. The van der Waals surface area contributed by atoms with Gasteiger partial charge < -0.3 is 9.73 Å². The molecule has 0 aliphatic heterocycles. The Kier molecular flexibility index (Phi) is 3.58. The maximum atomic E-state index is 6.29. The highest BCUT2D eigenvalue weighted by atomic mass is 35.5. The Morgan fingerprint density at radius 3 is 3.05 bits per heavy atom. The molecule has 100 valence electrons. The smallest absolute Gasteiger partial charge is 0.196 e. The fourth-order valence-electron chi connectivity index (χ4n) is 2.06. The summed E-state index contributed by atoms with van der Waals surface area (Å²) in [5, 5.41) is 4.19. The highest BCUT2D eigenvalue weighted by molar-refractivity contribution is 6.33. The summed E-state index contributed by atoms with van der Waals surface area (Å²) < 4.78 is 5.77. The van der Waals surface area contributed by atoms with Gasteiger partial charge >= 0.3 is 0 Å². The maximum Gasteiger partial charge on any atom is 0.196 e. The van der Waals surface area contributed by atoms with Crippen LogP contribution in [0.5, 0.6) is 0 Å². The summed E-state index contributed by atoms with van der Waals surface area (Å²) in [6.45, 7) is 2.91. The van der Waals surface area contributed by atoms with Gasteiger partial charge in [-0.15, -0.1) is 0 Å². The zero-order valence-corrected chi connectivity index (χ0v) is 11.7. The molecule has 2 aromatic rings. The van der Waals surface area contributed by atoms with E-state index in [1.54, 1.807) is 6.20 Å². The zero-order valence-electron chi connectivity index (χ0n) is 10.9. The maximum absolute atomic E-state index is 6.29. The summed E-state index contributed by atoms with van der Waals surface area (Å²) >= 11 is 6.29. The molecule has 0 unspecified atom stereocenters. The Morgan fingerprint density at radius 1 is 1.42 bits per heavy atom. The first kappa shape index (κ1) is 12.7. The van der Waals surface area contributed by atoms with Crippen molar-refractivity contribution in [2.45, 2.75) is 32.2 Å². The SMILES string of the molecule is Cc1cccc(-c2cnc(CCNC3CC3)o2)c1Cl. The lowest BCUT2D eigenvalue weighted by Gasteiger charge is -2.03. The Labute approximate surface area is 118 Å². The van der Waals surface area contributed by atoms with Crippen LogP contribution in [0.4, 0.5) is 0 Å². The molecular weight excluding hydrogens is 260 g/mol. The lowest BCUT2D eigenvalue weighted by molar-refractivity contribution is 0.494. The zero-order chi connectivity index (χ0) is 13.2. The van der Waals surface area contributed by atoms with Crippen LogP contribution in [-0.2, 0) is 6.42 Å². The fourth-order valence-corrected chi connectivity index (χ4v) is 2.28. The topological polar surface area (TPSA) is 38.1 Å². The van der Waals surface area contributed by atoms with Crippen molar-refractivity contribution in [1.82, 2.24) is 10.3 Å². The molecule has 1 aromatic heterocycles. The van der Waals surface area contributed by atoms with Crippen LogP contribution in [-0.4, -0.2) is 17.6 Å². The molecule has 0 radical (unpaired) electrons. The molecule has 0 amide bonds. The molecule has 1 saturated carbocycles. The quantitative estimate of drug-likeness (QED) is 0.907. The lowest BCUT2D eigenvalue weighted by atomic mass is 10.1. The molecule has 4 heteroatoms. The summed E-state index contributed by atoms with van der Waals surface area (Å²) in [4.78, 5) is 4.32. The van der Waals surface area contributed by atoms with Gasteiger partial charge in [-0.3, -0.25) is 0 Å². The van der Waals surface area contributed by atoms with Crippen LogP contribution >= 0.6 is 11.6 Å². The molecule has 3 nitrogen and oxygen atoms in total. The van der Waals surface area contributed by atoms with Crippen molar-refractivity contribution in [1.29, 1.82) is 0 Å². The Bertz CT molecular complexity index is 575. The van der Waals surface area contributed by atoms with Gasteiger partial charge in [-0.2, -0.15) is 0 Å². The molecule has 0 saturated heterocycles. The number of aromatic nitrogens is 1. The first-order valence-corrected chi connectivity index (χ1v) is 7.05. The van der Waals surface area contributed by atoms with Gasteiger partial charge in [0.25, 0.3) is 0 Å². The number of hydrogen-bond donors (Lipinski definition) is 1. The van der Waals surface area contributed by atoms with E-state index in [4.69, 9.17) is 16.0 Å². The number of rotatable bonds is 5. The van der Waals surface area contributed by atoms with Crippen molar-refractivity contribution < 1.29 is 4.42 Å². The van der Waals surface area contributed by atoms with E-state index >= 15 is 0 Å². The van der Waals surface area contributed by atoms with Crippen LogP contribution in [0.25, 0.3) is 11.3 Å². The fraction of sp³-hybridized carbons (Fsp3) is 0.400. The van der Waals surface area contributed by atoms with Crippen molar-refractivity contribution in [3.05, 3.63) is 40.9 Å². The average molecular weight is 277 g/mol. The Morgan fingerprint density at radius 2 is 2.26 bits per heavy atom. The highest BCUT2D eigenvalue weighted by Crippen LogP contribution is 2.30. The third-order valence-electron chi connectivity index (χ3n) is 3.36. The first-order valence-electron chi connectivity index (χ1n) is 6.67. The molecule has 0 atom stereocenters. The third kappa shape index (κ3) is 2.99. The van der Waals surface area contributed by atoms with E-state index in [9.17, 15) is 0 Å². The van der Waals surface area contributed by atoms with Gasteiger partial charge in [-0.05, 0) is 31.4 Å². The predicted octanol–water partition coefficient (Wildman–Crippen LogP) is 3.60. The van der Waals surface area contributed by atoms with Crippen LogP contribution in [0.2, 0.25) is 5.02 Å². The van der Waals surface area contributed by atoms with Crippen molar-refractivity contribution in [2.75, 3.05) is 6.54 Å². The highest BCUT2D eigenvalue weighted by Gasteiger charge is 2.20. The third-order valence-corrected chi connectivity index (χ3v) is 3.86. The molecule has 19 heavy (non-hydrogen) atoms. The summed E-state index contributed by atoms with van der Waals surface area (Å²) in [6.07, 6.45) is 5.18.